The van der Waals surface area contributed by atoms with E-state index in [9.17, 15) is 13.2 Å². The number of para-hydroxylation sites is 1. The fourth-order valence-corrected chi connectivity index (χ4v) is 2.76. The molecule has 0 aliphatic carbocycles. The second-order valence-electron chi connectivity index (χ2n) is 3.95. The van der Waals surface area contributed by atoms with Crippen LogP contribution in [0.15, 0.2) is 28.1 Å². The zero-order chi connectivity index (χ0) is 13.8. The molecule has 0 saturated carbocycles. The Balaban J connectivity index is 3.42. The van der Waals surface area contributed by atoms with Crippen LogP contribution in [0.25, 0.3) is 0 Å². The highest BCUT2D eigenvalue weighted by Crippen LogP contribution is 2.30. The minimum absolute atomic E-state index is 0.0497. The molecule has 0 N–H and O–H groups in total. The van der Waals surface area contributed by atoms with Crippen molar-refractivity contribution in [3.8, 4) is 5.75 Å². The third kappa shape index (κ3) is 2.78. The van der Waals surface area contributed by atoms with Crippen molar-refractivity contribution in [1.82, 2.24) is 0 Å². The SMILES string of the molecule is COc1c(CN=C=O)cccc1S(=O)(=O)C(C)C. The van der Waals surface area contributed by atoms with Crippen molar-refractivity contribution >= 4 is 15.9 Å². The van der Waals surface area contributed by atoms with Crippen molar-refractivity contribution in [3.05, 3.63) is 23.8 Å². The Morgan fingerprint density at radius 1 is 1.39 bits per heavy atom. The number of rotatable bonds is 5. The lowest BCUT2D eigenvalue weighted by molar-refractivity contribution is 0.397. The molecule has 0 spiro atoms. The topological polar surface area (TPSA) is 72.8 Å². The van der Waals surface area contributed by atoms with Gasteiger partial charge in [0.2, 0.25) is 6.08 Å². The van der Waals surface area contributed by atoms with Crippen LogP contribution in [-0.4, -0.2) is 26.9 Å². The molecule has 0 bridgehead atoms. The van der Waals surface area contributed by atoms with Gasteiger partial charge in [-0.2, -0.15) is 0 Å². The standard InChI is InChI=1S/C12H15NO4S/c1-9(2)18(15,16)11-6-4-5-10(7-13-8-14)12(11)17-3/h4-6,9H,7H2,1-3H3. The predicted octanol–water partition coefficient (Wildman–Crippen LogP) is 1.71. The molecular formula is C12H15NO4S. The van der Waals surface area contributed by atoms with E-state index in [1.807, 2.05) is 0 Å². The minimum Gasteiger partial charge on any atom is -0.495 e. The number of benzene rings is 1. The molecule has 0 amide bonds. The van der Waals surface area contributed by atoms with Gasteiger partial charge in [-0.1, -0.05) is 12.1 Å². The van der Waals surface area contributed by atoms with Crippen LogP contribution in [0.4, 0.5) is 0 Å². The second-order valence-corrected chi connectivity index (χ2v) is 6.42. The summed E-state index contributed by atoms with van der Waals surface area (Å²) in [5.74, 6) is 0.241. The molecule has 1 aromatic carbocycles. The van der Waals surface area contributed by atoms with Crippen LogP contribution in [0.1, 0.15) is 19.4 Å². The van der Waals surface area contributed by atoms with Crippen LogP contribution in [0, 0.1) is 0 Å². The van der Waals surface area contributed by atoms with Gasteiger partial charge in [-0.3, -0.25) is 0 Å². The molecule has 0 fully saturated rings. The normalized spacial score (nSPS) is 11.1. The Kier molecular flexibility index (Phi) is 4.64. The Labute approximate surface area is 106 Å². The average Bonchev–Trinajstić information content (AvgIpc) is 2.35. The van der Waals surface area contributed by atoms with Gasteiger partial charge in [0.15, 0.2) is 9.84 Å². The number of nitrogens with zero attached hydrogens (tertiary/aromatic N) is 1. The first-order valence-electron chi connectivity index (χ1n) is 5.38. The number of isocyanates is 1. The van der Waals surface area contributed by atoms with Crippen molar-refractivity contribution < 1.29 is 17.9 Å². The monoisotopic (exact) mass is 269 g/mol. The Hall–Kier alpha value is -1.65. The van der Waals surface area contributed by atoms with Crippen molar-refractivity contribution in [1.29, 1.82) is 0 Å². The highest BCUT2D eigenvalue weighted by atomic mass is 32.2. The van der Waals surface area contributed by atoms with Gasteiger partial charge in [0.25, 0.3) is 0 Å². The molecule has 0 aromatic heterocycles. The van der Waals surface area contributed by atoms with Crippen LogP contribution < -0.4 is 4.74 Å². The summed E-state index contributed by atoms with van der Waals surface area (Å²) in [5.41, 5.74) is 0.544. The predicted molar refractivity (Wildman–Crippen MR) is 67.1 cm³/mol. The maximum absolute atomic E-state index is 12.1. The summed E-state index contributed by atoms with van der Waals surface area (Å²) < 4.78 is 29.4. The number of sulfone groups is 1. The number of ether oxygens (including phenoxy) is 1. The number of methoxy groups -OCH3 is 1. The lowest BCUT2D eigenvalue weighted by Crippen LogP contribution is -2.15. The van der Waals surface area contributed by atoms with Crippen LogP contribution in [0.2, 0.25) is 0 Å². The first-order chi connectivity index (χ1) is 8.45. The number of hydrogen-bond donors (Lipinski definition) is 0. The molecule has 5 nitrogen and oxygen atoms in total. The quantitative estimate of drug-likeness (QED) is 0.602. The molecule has 0 heterocycles. The van der Waals surface area contributed by atoms with Gasteiger partial charge in [-0.15, -0.1) is 0 Å². The van der Waals surface area contributed by atoms with Gasteiger partial charge in [0, 0.05) is 5.56 Å². The van der Waals surface area contributed by atoms with Crippen LogP contribution in [0.5, 0.6) is 5.75 Å². The molecular weight excluding hydrogens is 254 g/mol. The van der Waals surface area contributed by atoms with Crippen LogP contribution in [0.3, 0.4) is 0 Å². The Morgan fingerprint density at radius 3 is 2.56 bits per heavy atom. The van der Waals surface area contributed by atoms with E-state index in [2.05, 4.69) is 4.99 Å². The maximum atomic E-state index is 12.1. The summed E-state index contributed by atoms with van der Waals surface area (Å²) in [4.78, 5) is 13.7. The summed E-state index contributed by atoms with van der Waals surface area (Å²) in [5, 5.41) is -0.545. The van der Waals surface area contributed by atoms with E-state index >= 15 is 0 Å². The summed E-state index contributed by atoms with van der Waals surface area (Å²) in [6.45, 7) is 3.25. The molecule has 1 rings (SSSR count). The van der Waals surface area contributed by atoms with Gasteiger partial charge in [0.05, 0.1) is 18.9 Å². The van der Waals surface area contributed by atoms with Gasteiger partial charge < -0.3 is 4.74 Å². The fourth-order valence-electron chi connectivity index (χ4n) is 1.51. The van der Waals surface area contributed by atoms with Crippen molar-refractivity contribution in [2.45, 2.75) is 30.5 Å². The third-order valence-electron chi connectivity index (χ3n) is 2.51. The smallest absolute Gasteiger partial charge is 0.235 e. The first kappa shape index (κ1) is 14.4. The Morgan fingerprint density at radius 2 is 2.06 bits per heavy atom. The van der Waals surface area contributed by atoms with E-state index < -0.39 is 15.1 Å². The van der Waals surface area contributed by atoms with Crippen LogP contribution in [-0.2, 0) is 21.2 Å². The molecule has 0 saturated heterocycles. The molecule has 0 aliphatic rings. The highest BCUT2D eigenvalue weighted by molar-refractivity contribution is 7.92. The third-order valence-corrected chi connectivity index (χ3v) is 4.68. The molecule has 0 aliphatic heterocycles. The van der Waals surface area contributed by atoms with E-state index in [0.29, 0.717) is 5.56 Å². The van der Waals surface area contributed by atoms with E-state index in [4.69, 9.17) is 4.74 Å². The van der Waals surface area contributed by atoms with E-state index in [0.717, 1.165) is 0 Å². The summed E-state index contributed by atoms with van der Waals surface area (Å²) in [6.07, 6.45) is 1.42. The van der Waals surface area contributed by atoms with Gasteiger partial charge >= 0.3 is 0 Å². The molecule has 6 heteroatoms. The number of carbonyl (C=O) groups excluding carboxylic acids is 1. The zero-order valence-electron chi connectivity index (χ0n) is 10.5. The summed E-state index contributed by atoms with van der Waals surface area (Å²) in [6, 6.07) is 4.76. The lowest BCUT2D eigenvalue weighted by Gasteiger charge is -2.14. The van der Waals surface area contributed by atoms with E-state index in [-0.39, 0.29) is 17.2 Å². The lowest BCUT2D eigenvalue weighted by atomic mass is 10.2. The molecule has 0 radical (unpaired) electrons. The number of aliphatic imine (C=N–C) groups is 1. The van der Waals surface area contributed by atoms with E-state index in [1.165, 1.54) is 19.3 Å². The minimum atomic E-state index is -3.43. The van der Waals surface area contributed by atoms with Crippen molar-refractivity contribution in [2.24, 2.45) is 4.99 Å². The summed E-state index contributed by atoms with van der Waals surface area (Å²) in [7, 11) is -2.04. The molecule has 1 aromatic rings. The largest absolute Gasteiger partial charge is 0.495 e. The number of hydrogen-bond acceptors (Lipinski definition) is 5. The molecule has 98 valence electrons. The Bertz CT molecular complexity index is 572. The molecule has 18 heavy (non-hydrogen) atoms. The van der Waals surface area contributed by atoms with E-state index in [1.54, 1.807) is 26.0 Å². The van der Waals surface area contributed by atoms with Crippen molar-refractivity contribution in [2.75, 3.05) is 7.11 Å². The fraction of sp³-hybridized carbons (Fsp3) is 0.417. The van der Waals surface area contributed by atoms with Gasteiger partial charge in [-0.25, -0.2) is 18.2 Å². The average molecular weight is 269 g/mol. The van der Waals surface area contributed by atoms with Gasteiger partial charge in [-0.05, 0) is 19.9 Å². The molecule has 0 unspecified atom stereocenters. The van der Waals surface area contributed by atoms with Gasteiger partial charge in [0.1, 0.15) is 10.6 Å². The second kappa shape index (κ2) is 5.80. The zero-order valence-corrected chi connectivity index (χ0v) is 11.3. The first-order valence-corrected chi connectivity index (χ1v) is 6.93. The van der Waals surface area contributed by atoms with Crippen LogP contribution >= 0.6 is 0 Å². The molecule has 0 atom stereocenters. The highest BCUT2D eigenvalue weighted by Gasteiger charge is 2.24. The summed E-state index contributed by atoms with van der Waals surface area (Å²) >= 11 is 0. The van der Waals surface area contributed by atoms with Crippen molar-refractivity contribution in [3.63, 3.8) is 0 Å². The maximum Gasteiger partial charge on any atom is 0.235 e.